The Labute approximate surface area is 200 Å². The number of benzene rings is 2. The number of amides is 1. The smallest absolute Gasteiger partial charge is 0.243 e. The van der Waals surface area contributed by atoms with Crippen LogP contribution in [-0.2, 0) is 21.4 Å². The number of carbonyl (C=O) groups excluding carboxylic acids is 1. The minimum atomic E-state index is -3.96. The number of aromatic nitrogens is 1. The van der Waals surface area contributed by atoms with E-state index in [1.165, 1.54) is 4.31 Å². The van der Waals surface area contributed by atoms with E-state index >= 15 is 0 Å². The Morgan fingerprint density at radius 3 is 2.44 bits per heavy atom. The Kier molecular flexibility index (Phi) is 7.56. The summed E-state index contributed by atoms with van der Waals surface area (Å²) in [6.45, 7) is 2.28. The lowest BCUT2D eigenvalue weighted by atomic mass is 10.1. The molecule has 1 amide bonds. The molecule has 2 aromatic carbocycles. The Balaban J connectivity index is 1.64. The fraction of sp³-hybridized carbons (Fsp3) is 0.280. The molecule has 8 nitrogen and oxygen atoms in total. The van der Waals surface area contributed by atoms with E-state index in [0.29, 0.717) is 37.5 Å². The second-order valence-electron chi connectivity index (χ2n) is 7.98. The summed E-state index contributed by atoms with van der Waals surface area (Å²) < 4.78 is 34.0. The summed E-state index contributed by atoms with van der Waals surface area (Å²) in [5, 5.41) is 3.21. The Morgan fingerprint density at radius 2 is 1.76 bits per heavy atom. The van der Waals surface area contributed by atoms with E-state index in [4.69, 9.17) is 4.74 Å². The normalized spacial score (nSPS) is 14.2. The molecule has 1 N–H and O–H groups in total. The van der Waals surface area contributed by atoms with Crippen LogP contribution in [0.3, 0.4) is 0 Å². The van der Waals surface area contributed by atoms with Crippen LogP contribution in [0.15, 0.2) is 78.0 Å². The molecule has 0 radical (unpaired) electrons. The van der Waals surface area contributed by atoms with Gasteiger partial charge in [-0.1, -0.05) is 36.4 Å². The van der Waals surface area contributed by atoms with Crippen LogP contribution in [0, 0.1) is 0 Å². The zero-order chi connectivity index (χ0) is 24.0. The van der Waals surface area contributed by atoms with Crippen molar-refractivity contribution in [2.24, 2.45) is 0 Å². The highest BCUT2D eigenvalue weighted by Gasteiger charge is 2.30. The summed E-state index contributed by atoms with van der Waals surface area (Å²) in [6.07, 6.45) is 3.41. The van der Waals surface area contributed by atoms with Crippen molar-refractivity contribution in [3.05, 3.63) is 78.6 Å². The average molecular weight is 481 g/mol. The SMILES string of the molecule is COc1ccccc1CN(CC(=O)N1CCNCC1)S(=O)(=O)c1ccc(-c2cccnc2)cc1. The Hall–Kier alpha value is -3.27. The first-order chi connectivity index (χ1) is 16.5. The van der Waals surface area contributed by atoms with Gasteiger partial charge >= 0.3 is 0 Å². The van der Waals surface area contributed by atoms with Crippen LogP contribution in [0.1, 0.15) is 5.56 Å². The van der Waals surface area contributed by atoms with Crippen molar-refractivity contribution in [1.82, 2.24) is 19.5 Å². The molecule has 0 aliphatic carbocycles. The van der Waals surface area contributed by atoms with Crippen molar-refractivity contribution >= 4 is 15.9 Å². The van der Waals surface area contributed by atoms with Crippen molar-refractivity contribution in [3.8, 4) is 16.9 Å². The van der Waals surface area contributed by atoms with Gasteiger partial charge in [0.05, 0.1) is 18.6 Å². The molecule has 9 heteroatoms. The monoisotopic (exact) mass is 480 g/mol. The number of sulfonamides is 1. The summed E-state index contributed by atoms with van der Waals surface area (Å²) in [6, 6.07) is 17.6. The maximum Gasteiger partial charge on any atom is 0.243 e. The molecule has 34 heavy (non-hydrogen) atoms. The molecule has 2 heterocycles. The van der Waals surface area contributed by atoms with Crippen LogP contribution < -0.4 is 10.1 Å². The lowest BCUT2D eigenvalue weighted by Gasteiger charge is -2.30. The van der Waals surface area contributed by atoms with Crippen LogP contribution in [0.4, 0.5) is 0 Å². The van der Waals surface area contributed by atoms with Gasteiger partial charge in [-0.15, -0.1) is 0 Å². The van der Waals surface area contributed by atoms with Gasteiger partial charge in [0.15, 0.2) is 0 Å². The molecule has 0 bridgehead atoms. The lowest BCUT2D eigenvalue weighted by molar-refractivity contribution is -0.132. The first-order valence-corrected chi connectivity index (χ1v) is 12.5. The quantitative estimate of drug-likeness (QED) is 0.532. The largest absolute Gasteiger partial charge is 0.496 e. The molecule has 4 rings (SSSR count). The molecule has 178 valence electrons. The molecule has 1 saturated heterocycles. The Bertz CT molecular complexity index is 1210. The molecule has 3 aromatic rings. The minimum absolute atomic E-state index is 0.0224. The third kappa shape index (κ3) is 5.44. The van der Waals surface area contributed by atoms with E-state index in [9.17, 15) is 13.2 Å². The van der Waals surface area contributed by atoms with Crippen LogP contribution in [0.2, 0.25) is 0 Å². The number of hydrogen-bond donors (Lipinski definition) is 1. The van der Waals surface area contributed by atoms with Crippen LogP contribution in [-0.4, -0.2) is 68.3 Å². The van der Waals surface area contributed by atoms with Crippen molar-refractivity contribution in [2.45, 2.75) is 11.4 Å². The number of rotatable bonds is 8. The summed E-state index contributed by atoms with van der Waals surface area (Å²) in [7, 11) is -2.42. The number of pyridine rings is 1. The number of methoxy groups -OCH3 is 1. The minimum Gasteiger partial charge on any atom is -0.496 e. The van der Waals surface area contributed by atoms with Crippen LogP contribution in [0.5, 0.6) is 5.75 Å². The second-order valence-corrected chi connectivity index (χ2v) is 9.92. The molecule has 1 fully saturated rings. The van der Waals surface area contributed by atoms with Gasteiger partial charge in [-0.25, -0.2) is 8.42 Å². The molecule has 0 atom stereocenters. The fourth-order valence-corrected chi connectivity index (χ4v) is 5.28. The van der Waals surface area contributed by atoms with Crippen LogP contribution in [0.25, 0.3) is 11.1 Å². The zero-order valence-corrected chi connectivity index (χ0v) is 19.9. The maximum absolute atomic E-state index is 13.7. The van der Waals surface area contributed by atoms with Gasteiger partial charge in [-0.05, 0) is 35.4 Å². The van der Waals surface area contributed by atoms with Crippen molar-refractivity contribution < 1.29 is 17.9 Å². The number of para-hydroxylation sites is 1. The first kappa shape index (κ1) is 23.9. The van der Waals surface area contributed by atoms with Gasteiger partial charge in [-0.3, -0.25) is 9.78 Å². The maximum atomic E-state index is 13.7. The standard InChI is InChI=1S/C25H28N4O4S/c1-33-24-7-3-2-5-22(24)18-29(19-25(30)28-15-13-26-14-16-28)34(31,32)23-10-8-20(9-11-23)21-6-4-12-27-17-21/h2-12,17,26H,13-16,18-19H2,1H3. The van der Waals surface area contributed by atoms with Crippen molar-refractivity contribution in [3.63, 3.8) is 0 Å². The highest BCUT2D eigenvalue weighted by molar-refractivity contribution is 7.89. The number of nitrogens with one attached hydrogen (secondary N) is 1. The van der Waals surface area contributed by atoms with Crippen molar-refractivity contribution in [1.29, 1.82) is 0 Å². The van der Waals surface area contributed by atoms with Gasteiger partial charge in [0.1, 0.15) is 5.75 Å². The molecular weight excluding hydrogens is 452 g/mol. The zero-order valence-electron chi connectivity index (χ0n) is 19.1. The summed E-state index contributed by atoms with van der Waals surface area (Å²) >= 11 is 0. The van der Waals surface area contributed by atoms with Gasteiger partial charge in [0, 0.05) is 50.7 Å². The summed E-state index contributed by atoms with van der Waals surface area (Å²) in [5.74, 6) is 0.358. The van der Waals surface area contributed by atoms with E-state index in [2.05, 4.69) is 10.3 Å². The van der Waals surface area contributed by atoms with E-state index in [0.717, 1.165) is 11.1 Å². The number of piperazine rings is 1. The number of hydrogen-bond acceptors (Lipinski definition) is 6. The predicted molar refractivity (Wildman–Crippen MR) is 130 cm³/mol. The number of nitrogens with zero attached hydrogens (tertiary/aromatic N) is 3. The van der Waals surface area contributed by atoms with E-state index in [1.807, 2.05) is 30.3 Å². The number of ether oxygens (including phenoxy) is 1. The molecule has 1 aliphatic heterocycles. The second kappa shape index (κ2) is 10.8. The van der Waals surface area contributed by atoms with E-state index in [-0.39, 0.29) is 23.9 Å². The predicted octanol–water partition coefficient (Wildman–Crippen LogP) is 2.38. The molecule has 1 aliphatic rings. The van der Waals surface area contributed by atoms with E-state index < -0.39 is 10.0 Å². The summed E-state index contributed by atoms with van der Waals surface area (Å²) in [4.78, 5) is 19.0. The van der Waals surface area contributed by atoms with Gasteiger partial charge < -0.3 is 15.0 Å². The topological polar surface area (TPSA) is 91.8 Å². The highest BCUT2D eigenvalue weighted by Crippen LogP contribution is 2.26. The molecule has 0 spiro atoms. The molecular formula is C25H28N4O4S. The Morgan fingerprint density at radius 1 is 1.03 bits per heavy atom. The number of carbonyl (C=O) groups is 1. The van der Waals surface area contributed by atoms with Crippen molar-refractivity contribution in [2.75, 3.05) is 39.8 Å². The lowest BCUT2D eigenvalue weighted by Crippen LogP contribution is -2.50. The summed E-state index contributed by atoms with van der Waals surface area (Å²) in [5.41, 5.74) is 2.44. The molecule has 0 saturated carbocycles. The molecule has 1 aromatic heterocycles. The van der Waals surface area contributed by atoms with Gasteiger partial charge in [0.2, 0.25) is 15.9 Å². The van der Waals surface area contributed by atoms with Gasteiger partial charge in [-0.2, -0.15) is 4.31 Å². The third-order valence-corrected chi connectivity index (χ3v) is 7.61. The first-order valence-electron chi connectivity index (χ1n) is 11.1. The third-order valence-electron chi connectivity index (χ3n) is 5.81. The van der Waals surface area contributed by atoms with Crippen LogP contribution >= 0.6 is 0 Å². The van der Waals surface area contributed by atoms with E-state index in [1.54, 1.807) is 54.7 Å². The van der Waals surface area contributed by atoms with Gasteiger partial charge in [0.25, 0.3) is 0 Å². The molecule has 0 unspecified atom stereocenters. The average Bonchev–Trinajstić information content (AvgIpc) is 2.89. The highest BCUT2D eigenvalue weighted by atomic mass is 32.2. The fourth-order valence-electron chi connectivity index (χ4n) is 3.92.